The number of nitrogens with zero attached hydrogens (tertiary/aromatic N) is 4. The van der Waals surface area contributed by atoms with Gasteiger partial charge in [0.15, 0.2) is 5.82 Å². The van der Waals surface area contributed by atoms with E-state index in [2.05, 4.69) is 58.3 Å². The Morgan fingerprint density at radius 3 is 2.60 bits per heavy atom. The van der Waals surface area contributed by atoms with Gasteiger partial charge >= 0.3 is 0 Å². The molecule has 0 saturated heterocycles. The van der Waals surface area contributed by atoms with Gasteiger partial charge in [-0.05, 0) is 31.9 Å². The van der Waals surface area contributed by atoms with Crippen molar-refractivity contribution >= 4 is 11.8 Å². The highest BCUT2D eigenvalue weighted by Gasteiger charge is 2.06. The molecule has 0 amide bonds. The number of rotatable bonds is 6. The van der Waals surface area contributed by atoms with Crippen molar-refractivity contribution in [2.24, 2.45) is 0 Å². The molecule has 1 aromatic heterocycles. The van der Waals surface area contributed by atoms with Crippen LogP contribution in [0.5, 0.6) is 0 Å². The maximum absolute atomic E-state index is 4.50. The fourth-order valence-corrected chi connectivity index (χ4v) is 2.05. The van der Waals surface area contributed by atoms with Gasteiger partial charge in [-0.3, -0.25) is 0 Å². The Morgan fingerprint density at radius 1 is 1.15 bits per heavy atom. The lowest BCUT2D eigenvalue weighted by atomic mass is 10.1. The standard InChI is InChI=1S/C15H21N5/c1-4-20(5-2)14-11-17-19-15(18-14)16-10-13-9-7-6-8-12(13)3/h6-9,11H,4-5,10H2,1-3H3,(H,16,18,19). The minimum absolute atomic E-state index is 0.567. The third-order valence-electron chi connectivity index (χ3n) is 3.33. The summed E-state index contributed by atoms with van der Waals surface area (Å²) >= 11 is 0. The second-order valence-corrected chi connectivity index (χ2v) is 4.59. The van der Waals surface area contributed by atoms with E-state index >= 15 is 0 Å². The van der Waals surface area contributed by atoms with Crippen molar-refractivity contribution in [3.63, 3.8) is 0 Å². The predicted octanol–water partition coefficient (Wildman–Crippen LogP) is 2.64. The summed E-state index contributed by atoms with van der Waals surface area (Å²) in [5.74, 6) is 1.43. The molecule has 2 aromatic rings. The molecule has 0 atom stereocenters. The van der Waals surface area contributed by atoms with Gasteiger partial charge in [0, 0.05) is 19.6 Å². The number of aryl methyl sites for hydroxylation is 1. The van der Waals surface area contributed by atoms with Crippen LogP contribution in [0.25, 0.3) is 0 Å². The van der Waals surface area contributed by atoms with E-state index in [0.717, 1.165) is 18.9 Å². The summed E-state index contributed by atoms with van der Waals surface area (Å²) in [4.78, 5) is 6.65. The fourth-order valence-electron chi connectivity index (χ4n) is 2.05. The molecule has 0 aliphatic rings. The largest absolute Gasteiger partial charge is 0.356 e. The smallest absolute Gasteiger partial charge is 0.244 e. The molecule has 0 aliphatic carbocycles. The van der Waals surface area contributed by atoms with Gasteiger partial charge in [-0.25, -0.2) is 0 Å². The Hall–Kier alpha value is -2.17. The van der Waals surface area contributed by atoms with Crippen molar-refractivity contribution < 1.29 is 0 Å². The normalized spacial score (nSPS) is 10.3. The molecule has 0 unspecified atom stereocenters. The van der Waals surface area contributed by atoms with Crippen LogP contribution in [0.1, 0.15) is 25.0 Å². The average molecular weight is 271 g/mol. The zero-order chi connectivity index (χ0) is 14.4. The molecule has 106 valence electrons. The third kappa shape index (κ3) is 3.44. The molecule has 0 spiro atoms. The van der Waals surface area contributed by atoms with Gasteiger partial charge in [-0.1, -0.05) is 24.3 Å². The molecule has 5 nitrogen and oxygen atoms in total. The second kappa shape index (κ2) is 6.84. The molecular formula is C15H21N5. The molecule has 20 heavy (non-hydrogen) atoms. The van der Waals surface area contributed by atoms with Crippen molar-refractivity contribution in [2.75, 3.05) is 23.3 Å². The first-order valence-corrected chi connectivity index (χ1v) is 6.97. The Balaban J connectivity index is 2.07. The Morgan fingerprint density at radius 2 is 1.90 bits per heavy atom. The van der Waals surface area contributed by atoms with Gasteiger partial charge in [-0.2, -0.15) is 10.1 Å². The first-order valence-electron chi connectivity index (χ1n) is 6.97. The number of benzene rings is 1. The van der Waals surface area contributed by atoms with Gasteiger partial charge in [0.1, 0.15) is 0 Å². The quantitative estimate of drug-likeness (QED) is 0.875. The highest BCUT2D eigenvalue weighted by atomic mass is 15.3. The predicted molar refractivity (Wildman–Crippen MR) is 81.9 cm³/mol. The van der Waals surface area contributed by atoms with Gasteiger partial charge in [0.2, 0.25) is 5.95 Å². The topological polar surface area (TPSA) is 53.9 Å². The molecule has 1 aromatic carbocycles. The van der Waals surface area contributed by atoms with E-state index in [0.29, 0.717) is 12.5 Å². The number of hydrogen-bond donors (Lipinski definition) is 1. The fraction of sp³-hybridized carbons (Fsp3) is 0.400. The van der Waals surface area contributed by atoms with E-state index in [-0.39, 0.29) is 0 Å². The molecule has 0 saturated carbocycles. The highest BCUT2D eigenvalue weighted by molar-refractivity contribution is 5.40. The number of anilines is 2. The lowest BCUT2D eigenvalue weighted by Gasteiger charge is -2.19. The van der Waals surface area contributed by atoms with E-state index in [1.54, 1.807) is 6.20 Å². The summed E-state index contributed by atoms with van der Waals surface area (Å²) in [5.41, 5.74) is 2.50. The highest BCUT2D eigenvalue weighted by Crippen LogP contribution is 2.12. The van der Waals surface area contributed by atoms with Crippen LogP contribution >= 0.6 is 0 Å². The SMILES string of the molecule is CCN(CC)c1cnnc(NCc2ccccc2C)n1. The zero-order valence-corrected chi connectivity index (χ0v) is 12.3. The number of aromatic nitrogens is 3. The van der Waals surface area contributed by atoms with Gasteiger partial charge < -0.3 is 10.2 Å². The van der Waals surface area contributed by atoms with E-state index < -0.39 is 0 Å². The van der Waals surface area contributed by atoms with Crippen molar-refractivity contribution in [2.45, 2.75) is 27.3 Å². The van der Waals surface area contributed by atoms with Crippen LogP contribution < -0.4 is 10.2 Å². The van der Waals surface area contributed by atoms with E-state index in [4.69, 9.17) is 0 Å². The summed E-state index contributed by atoms with van der Waals surface area (Å²) < 4.78 is 0. The Bertz CT molecular complexity index is 551. The first kappa shape index (κ1) is 14.2. The van der Waals surface area contributed by atoms with Crippen LogP contribution in [0.2, 0.25) is 0 Å². The lowest BCUT2D eigenvalue weighted by molar-refractivity contribution is 0.822. The first-order chi connectivity index (χ1) is 9.74. The van der Waals surface area contributed by atoms with Crippen LogP contribution in [0, 0.1) is 6.92 Å². The van der Waals surface area contributed by atoms with E-state index in [9.17, 15) is 0 Å². The molecule has 0 fully saturated rings. The maximum Gasteiger partial charge on any atom is 0.244 e. The minimum Gasteiger partial charge on any atom is -0.356 e. The van der Waals surface area contributed by atoms with Gasteiger partial charge in [0.25, 0.3) is 0 Å². The molecule has 0 aliphatic heterocycles. The molecule has 0 radical (unpaired) electrons. The summed E-state index contributed by atoms with van der Waals surface area (Å²) in [6.45, 7) is 8.83. The van der Waals surface area contributed by atoms with Crippen LogP contribution in [-0.2, 0) is 6.54 Å². The zero-order valence-electron chi connectivity index (χ0n) is 12.3. The Labute approximate surface area is 120 Å². The molecular weight excluding hydrogens is 250 g/mol. The molecule has 1 N–H and O–H groups in total. The van der Waals surface area contributed by atoms with Crippen LogP contribution in [0.4, 0.5) is 11.8 Å². The van der Waals surface area contributed by atoms with Gasteiger partial charge in [0.05, 0.1) is 6.20 Å². The monoisotopic (exact) mass is 271 g/mol. The number of hydrogen-bond acceptors (Lipinski definition) is 5. The summed E-state index contributed by atoms with van der Waals surface area (Å²) in [5, 5.41) is 11.3. The maximum atomic E-state index is 4.50. The number of nitrogens with one attached hydrogen (secondary N) is 1. The molecule has 2 rings (SSSR count). The average Bonchev–Trinajstić information content (AvgIpc) is 2.48. The Kier molecular flexibility index (Phi) is 4.87. The van der Waals surface area contributed by atoms with Crippen molar-refractivity contribution in [3.8, 4) is 0 Å². The van der Waals surface area contributed by atoms with Crippen molar-refractivity contribution in [3.05, 3.63) is 41.6 Å². The molecule has 0 bridgehead atoms. The van der Waals surface area contributed by atoms with E-state index in [1.807, 2.05) is 12.1 Å². The van der Waals surface area contributed by atoms with Crippen molar-refractivity contribution in [1.82, 2.24) is 15.2 Å². The summed E-state index contributed by atoms with van der Waals surface area (Å²) in [7, 11) is 0. The van der Waals surface area contributed by atoms with Crippen molar-refractivity contribution in [1.29, 1.82) is 0 Å². The van der Waals surface area contributed by atoms with Gasteiger partial charge in [-0.15, -0.1) is 5.10 Å². The summed E-state index contributed by atoms with van der Waals surface area (Å²) in [6, 6.07) is 8.28. The molecule has 5 heteroatoms. The van der Waals surface area contributed by atoms with Crippen LogP contribution in [-0.4, -0.2) is 28.3 Å². The summed E-state index contributed by atoms with van der Waals surface area (Å²) in [6.07, 6.45) is 1.70. The minimum atomic E-state index is 0.567. The molecule has 1 heterocycles. The van der Waals surface area contributed by atoms with E-state index in [1.165, 1.54) is 11.1 Å². The lowest BCUT2D eigenvalue weighted by Crippen LogP contribution is -2.23. The second-order valence-electron chi connectivity index (χ2n) is 4.59. The van der Waals surface area contributed by atoms with Crippen LogP contribution in [0.3, 0.4) is 0 Å². The third-order valence-corrected chi connectivity index (χ3v) is 3.33. The van der Waals surface area contributed by atoms with Crippen LogP contribution in [0.15, 0.2) is 30.5 Å².